The van der Waals surface area contributed by atoms with E-state index in [-0.39, 0.29) is 30.0 Å². The monoisotopic (exact) mass is 449 g/mol. The number of hydrogen-bond donors (Lipinski definition) is 3. The Hall–Kier alpha value is -4.11. The molecule has 0 saturated carbocycles. The van der Waals surface area contributed by atoms with Crippen molar-refractivity contribution >= 4 is 17.8 Å². The van der Waals surface area contributed by atoms with E-state index < -0.39 is 30.0 Å². The predicted octanol–water partition coefficient (Wildman–Crippen LogP) is 2.11. The molecule has 0 unspecified atom stereocenters. The Labute approximate surface area is 190 Å². The molecule has 0 aliphatic heterocycles. The van der Waals surface area contributed by atoms with Gasteiger partial charge in [-0.2, -0.15) is 0 Å². The number of carboxylic acid groups (broad SMARTS) is 1. The molecule has 9 nitrogen and oxygen atoms in total. The normalized spacial score (nSPS) is 12.4. The van der Waals surface area contributed by atoms with Gasteiger partial charge >= 0.3 is 11.9 Å². The number of nitrogens with one attached hydrogen (secondary N) is 1. The number of hydrogen-bond acceptors (Lipinski definition) is 7. The Morgan fingerprint density at radius 3 is 2.30 bits per heavy atom. The molecule has 3 rings (SSSR count). The third-order valence-electron chi connectivity index (χ3n) is 4.85. The lowest BCUT2D eigenvalue weighted by Crippen LogP contribution is -2.49. The Balaban J connectivity index is 1.80. The van der Waals surface area contributed by atoms with Crippen molar-refractivity contribution in [2.24, 2.45) is 0 Å². The molecule has 0 aliphatic rings. The molecule has 0 fully saturated rings. The maximum absolute atomic E-state index is 12.8. The summed E-state index contributed by atoms with van der Waals surface area (Å²) in [4.78, 5) is 36.3. The van der Waals surface area contributed by atoms with E-state index in [1.54, 1.807) is 25.1 Å². The number of ether oxygens (including phenoxy) is 1. The molecule has 33 heavy (non-hydrogen) atoms. The number of carboxylic acids is 1. The van der Waals surface area contributed by atoms with Gasteiger partial charge in [0.15, 0.2) is 11.8 Å². The number of aromatic nitrogens is 2. The third-order valence-corrected chi connectivity index (χ3v) is 4.85. The standard InChI is InChI=1S/C24H23N3O6/c1-2-33-24(32)21(28)20(14-15-8-4-3-5-9-15)25-22(29)19-13-12-18(26-27-19)16-10-6-7-11-17(16)23(30)31/h3-13,20-21,28H,2,14H2,1H3,(H,25,29)(H,30,31)/t20-,21-/m1/s1. The van der Waals surface area contributed by atoms with Gasteiger partial charge in [0.05, 0.1) is 23.9 Å². The zero-order valence-corrected chi connectivity index (χ0v) is 17.8. The van der Waals surface area contributed by atoms with E-state index in [4.69, 9.17) is 4.74 Å². The number of nitrogens with zero attached hydrogens (tertiary/aromatic N) is 2. The molecule has 3 N–H and O–H groups in total. The number of rotatable bonds is 9. The Morgan fingerprint density at radius 2 is 1.67 bits per heavy atom. The smallest absolute Gasteiger partial charge is 0.337 e. The van der Waals surface area contributed by atoms with E-state index in [0.29, 0.717) is 5.56 Å². The Bertz CT molecular complexity index is 1120. The van der Waals surface area contributed by atoms with Crippen molar-refractivity contribution in [2.45, 2.75) is 25.5 Å². The van der Waals surface area contributed by atoms with Crippen molar-refractivity contribution in [3.63, 3.8) is 0 Å². The van der Waals surface area contributed by atoms with E-state index in [0.717, 1.165) is 5.56 Å². The van der Waals surface area contributed by atoms with Crippen molar-refractivity contribution in [1.29, 1.82) is 0 Å². The van der Waals surface area contributed by atoms with Crippen LogP contribution in [0.3, 0.4) is 0 Å². The molecule has 1 amide bonds. The zero-order chi connectivity index (χ0) is 23.8. The first-order valence-electron chi connectivity index (χ1n) is 10.3. The minimum atomic E-state index is -1.58. The second kappa shape index (κ2) is 11.0. The average molecular weight is 449 g/mol. The number of esters is 1. The second-order valence-electron chi connectivity index (χ2n) is 7.12. The maximum atomic E-state index is 12.8. The van der Waals surface area contributed by atoms with Crippen LogP contribution in [-0.2, 0) is 16.0 Å². The van der Waals surface area contributed by atoms with Crippen LogP contribution in [0.2, 0.25) is 0 Å². The second-order valence-corrected chi connectivity index (χ2v) is 7.12. The van der Waals surface area contributed by atoms with Crippen LogP contribution < -0.4 is 5.32 Å². The highest BCUT2D eigenvalue weighted by atomic mass is 16.5. The maximum Gasteiger partial charge on any atom is 0.337 e. The highest BCUT2D eigenvalue weighted by molar-refractivity contribution is 5.96. The molecule has 1 aromatic heterocycles. The molecule has 170 valence electrons. The first kappa shape index (κ1) is 23.6. The molecule has 0 aliphatic carbocycles. The summed E-state index contributed by atoms with van der Waals surface area (Å²) in [6.45, 7) is 1.71. The minimum absolute atomic E-state index is 0.0549. The summed E-state index contributed by atoms with van der Waals surface area (Å²) in [5.41, 5.74) is 1.46. The zero-order valence-electron chi connectivity index (χ0n) is 17.8. The predicted molar refractivity (Wildman–Crippen MR) is 118 cm³/mol. The topological polar surface area (TPSA) is 139 Å². The lowest BCUT2D eigenvalue weighted by molar-refractivity contribution is -0.154. The van der Waals surface area contributed by atoms with Gasteiger partial charge in [-0.3, -0.25) is 4.79 Å². The van der Waals surface area contributed by atoms with Crippen LogP contribution in [0.5, 0.6) is 0 Å². The van der Waals surface area contributed by atoms with E-state index >= 15 is 0 Å². The van der Waals surface area contributed by atoms with Crippen molar-refractivity contribution in [2.75, 3.05) is 6.61 Å². The molecule has 0 radical (unpaired) electrons. The summed E-state index contributed by atoms with van der Waals surface area (Å²) in [5.74, 6) is -2.60. The quantitative estimate of drug-likeness (QED) is 0.422. The van der Waals surface area contributed by atoms with E-state index in [1.165, 1.54) is 18.2 Å². The molecule has 2 atom stereocenters. The van der Waals surface area contributed by atoms with Crippen LogP contribution in [0.25, 0.3) is 11.3 Å². The molecule has 0 saturated heterocycles. The van der Waals surface area contributed by atoms with Crippen LogP contribution in [-0.4, -0.2) is 57.0 Å². The Morgan fingerprint density at radius 1 is 0.970 bits per heavy atom. The fourth-order valence-electron chi connectivity index (χ4n) is 3.23. The third kappa shape index (κ3) is 5.98. The van der Waals surface area contributed by atoms with Crippen molar-refractivity contribution < 1.29 is 29.3 Å². The van der Waals surface area contributed by atoms with Gasteiger partial charge in [0.25, 0.3) is 5.91 Å². The van der Waals surface area contributed by atoms with Gasteiger partial charge in [0, 0.05) is 5.56 Å². The molecule has 0 bridgehead atoms. The van der Waals surface area contributed by atoms with E-state index in [9.17, 15) is 24.6 Å². The minimum Gasteiger partial charge on any atom is -0.478 e. The van der Waals surface area contributed by atoms with Gasteiger partial charge < -0.3 is 20.3 Å². The summed E-state index contributed by atoms with van der Waals surface area (Å²) in [5, 5.41) is 30.3. The SMILES string of the molecule is CCOC(=O)[C@H](O)[C@@H](Cc1ccccc1)NC(=O)c1ccc(-c2ccccc2C(=O)O)nn1. The highest BCUT2D eigenvalue weighted by Gasteiger charge is 2.29. The van der Waals surface area contributed by atoms with Crippen LogP contribution in [0.1, 0.15) is 33.3 Å². The molecule has 0 spiro atoms. The van der Waals surface area contributed by atoms with E-state index in [2.05, 4.69) is 15.5 Å². The van der Waals surface area contributed by atoms with Gasteiger partial charge in [0.2, 0.25) is 0 Å². The number of aliphatic hydroxyl groups is 1. The van der Waals surface area contributed by atoms with Gasteiger partial charge in [-0.05, 0) is 37.1 Å². The summed E-state index contributed by atoms with van der Waals surface area (Å²) < 4.78 is 4.89. The molecule has 9 heteroatoms. The van der Waals surface area contributed by atoms with E-state index in [1.807, 2.05) is 30.3 Å². The van der Waals surface area contributed by atoms with Gasteiger partial charge in [-0.25, -0.2) is 9.59 Å². The summed E-state index contributed by atoms with van der Waals surface area (Å²) in [7, 11) is 0. The number of benzene rings is 2. The largest absolute Gasteiger partial charge is 0.478 e. The van der Waals surface area contributed by atoms with Crippen LogP contribution >= 0.6 is 0 Å². The van der Waals surface area contributed by atoms with Crippen molar-refractivity contribution in [3.8, 4) is 11.3 Å². The first-order valence-corrected chi connectivity index (χ1v) is 10.3. The molecular weight excluding hydrogens is 426 g/mol. The number of carbonyl (C=O) groups is 3. The number of aromatic carboxylic acids is 1. The first-order chi connectivity index (χ1) is 15.9. The molecular formula is C24H23N3O6. The molecule has 1 heterocycles. The molecule has 3 aromatic rings. The lowest BCUT2D eigenvalue weighted by Gasteiger charge is -2.23. The highest BCUT2D eigenvalue weighted by Crippen LogP contribution is 2.21. The number of carbonyl (C=O) groups excluding carboxylic acids is 2. The summed E-state index contributed by atoms with van der Waals surface area (Å²) in [6, 6.07) is 17.3. The fraction of sp³-hybridized carbons (Fsp3) is 0.208. The van der Waals surface area contributed by atoms with Crippen molar-refractivity contribution in [3.05, 3.63) is 83.6 Å². The van der Waals surface area contributed by atoms with Crippen LogP contribution in [0.4, 0.5) is 0 Å². The van der Waals surface area contributed by atoms with Crippen molar-refractivity contribution in [1.82, 2.24) is 15.5 Å². The van der Waals surface area contributed by atoms with Crippen LogP contribution in [0, 0.1) is 0 Å². The van der Waals surface area contributed by atoms with Gasteiger partial charge in [-0.15, -0.1) is 10.2 Å². The lowest BCUT2D eigenvalue weighted by atomic mass is 10.0. The van der Waals surface area contributed by atoms with Gasteiger partial charge in [-0.1, -0.05) is 48.5 Å². The molecule has 2 aromatic carbocycles. The summed E-state index contributed by atoms with van der Waals surface area (Å²) in [6.07, 6.45) is -1.40. The summed E-state index contributed by atoms with van der Waals surface area (Å²) >= 11 is 0. The Kier molecular flexibility index (Phi) is 7.82. The van der Waals surface area contributed by atoms with Gasteiger partial charge in [0.1, 0.15) is 0 Å². The van der Waals surface area contributed by atoms with Crippen LogP contribution in [0.15, 0.2) is 66.7 Å². The fourth-order valence-corrected chi connectivity index (χ4v) is 3.23. The average Bonchev–Trinajstić information content (AvgIpc) is 2.84. The number of amides is 1. The number of aliphatic hydroxyl groups excluding tert-OH is 1.